The molecule has 2 rings (SSSR count). The summed E-state index contributed by atoms with van der Waals surface area (Å²) >= 11 is 0. The molecule has 0 N–H and O–H groups in total. The standard InChI is InChI=1S/C15H23N3O2/c1-15(2,3)13-10-18(6-7-20-13)14(19)5-4-12-8-16-11-17-9-12/h8-9,11,13H,4-7,10H2,1-3H3. The van der Waals surface area contributed by atoms with E-state index in [1.54, 1.807) is 12.4 Å². The van der Waals surface area contributed by atoms with Crippen LogP contribution in [0.2, 0.25) is 0 Å². The van der Waals surface area contributed by atoms with Gasteiger partial charge in [0.15, 0.2) is 0 Å². The molecule has 1 aromatic rings. The Bertz CT molecular complexity index is 442. The van der Waals surface area contributed by atoms with E-state index < -0.39 is 0 Å². The molecule has 1 atom stereocenters. The Kier molecular flexibility index (Phi) is 4.70. The zero-order chi connectivity index (χ0) is 14.6. The Morgan fingerprint density at radius 1 is 1.40 bits per heavy atom. The van der Waals surface area contributed by atoms with Crippen LogP contribution in [0.1, 0.15) is 32.8 Å². The number of aromatic nitrogens is 2. The highest BCUT2D eigenvalue weighted by Gasteiger charge is 2.32. The van der Waals surface area contributed by atoms with Crippen molar-refractivity contribution in [2.75, 3.05) is 19.7 Å². The molecule has 1 fully saturated rings. The largest absolute Gasteiger partial charge is 0.374 e. The molecular weight excluding hydrogens is 254 g/mol. The molecular formula is C15H23N3O2. The highest BCUT2D eigenvalue weighted by Crippen LogP contribution is 2.25. The quantitative estimate of drug-likeness (QED) is 0.843. The SMILES string of the molecule is CC(C)(C)C1CN(C(=O)CCc2cncnc2)CCO1. The fourth-order valence-corrected chi connectivity index (χ4v) is 2.27. The minimum absolute atomic E-state index is 0.0617. The summed E-state index contributed by atoms with van der Waals surface area (Å²) in [6.45, 7) is 8.44. The van der Waals surface area contributed by atoms with Crippen molar-refractivity contribution in [3.63, 3.8) is 0 Å². The van der Waals surface area contributed by atoms with Crippen LogP contribution in [-0.4, -0.2) is 46.6 Å². The Morgan fingerprint density at radius 3 is 2.75 bits per heavy atom. The zero-order valence-electron chi connectivity index (χ0n) is 12.5. The molecule has 1 unspecified atom stereocenters. The van der Waals surface area contributed by atoms with Gasteiger partial charge in [0.1, 0.15) is 6.33 Å². The first-order valence-electron chi connectivity index (χ1n) is 7.10. The number of rotatable bonds is 3. The van der Waals surface area contributed by atoms with Crippen molar-refractivity contribution < 1.29 is 9.53 Å². The number of morpholine rings is 1. The van der Waals surface area contributed by atoms with Gasteiger partial charge >= 0.3 is 0 Å². The van der Waals surface area contributed by atoms with E-state index in [1.165, 1.54) is 6.33 Å². The van der Waals surface area contributed by atoms with Crippen molar-refractivity contribution in [3.8, 4) is 0 Å². The van der Waals surface area contributed by atoms with Gasteiger partial charge in [0.25, 0.3) is 0 Å². The maximum atomic E-state index is 12.3. The van der Waals surface area contributed by atoms with Gasteiger partial charge in [-0.2, -0.15) is 0 Å². The molecule has 0 radical (unpaired) electrons. The van der Waals surface area contributed by atoms with Gasteiger partial charge in [-0.05, 0) is 17.4 Å². The summed E-state index contributed by atoms with van der Waals surface area (Å²) in [5.74, 6) is 0.186. The van der Waals surface area contributed by atoms with Crippen molar-refractivity contribution in [2.45, 2.75) is 39.7 Å². The number of hydrogen-bond acceptors (Lipinski definition) is 4. The predicted octanol–water partition coefficient (Wildman–Crippen LogP) is 1.68. The molecule has 0 saturated carbocycles. The number of aryl methyl sites for hydroxylation is 1. The van der Waals surface area contributed by atoms with Crippen LogP contribution >= 0.6 is 0 Å². The van der Waals surface area contributed by atoms with Crippen LogP contribution in [0.3, 0.4) is 0 Å². The second-order valence-electron chi connectivity index (χ2n) is 6.31. The zero-order valence-corrected chi connectivity index (χ0v) is 12.5. The summed E-state index contributed by atoms with van der Waals surface area (Å²) in [6, 6.07) is 0. The number of hydrogen-bond donors (Lipinski definition) is 0. The van der Waals surface area contributed by atoms with Gasteiger partial charge < -0.3 is 9.64 Å². The third-order valence-electron chi connectivity index (χ3n) is 3.63. The average molecular weight is 277 g/mol. The number of ether oxygens (including phenoxy) is 1. The molecule has 1 saturated heterocycles. The first kappa shape index (κ1) is 14.9. The molecule has 1 aliphatic rings. The van der Waals surface area contributed by atoms with E-state index in [-0.39, 0.29) is 17.4 Å². The molecule has 0 aromatic carbocycles. The van der Waals surface area contributed by atoms with Crippen LogP contribution in [0.15, 0.2) is 18.7 Å². The summed E-state index contributed by atoms with van der Waals surface area (Å²) in [5.41, 5.74) is 1.06. The van der Waals surface area contributed by atoms with Crippen LogP contribution in [0.25, 0.3) is 0 Å². The van der Waals surface area contributed by atoms with Gasteiger partial charge in [-0.1, -0.05) is 20.8 Å². The van der Waals surface area contributed by atoms with Crippen LogP contribution in [0, 0.1) is 5.41 Å². The number of carbonyl (C=O) groups is 1. The van der Waals surface area contributed by atoms with E-state index in [0.717, 1.165) is 5.56 Å². The maximum absolute atomic E-state index is 12.3. The topological polar surface area (TPSA) is 55.3 Å². The lowest BCUT2D eigenvalue weighted by Gasteiger charge is -2.39. The van der Waals surface area contributed by atoms with Crippen LogP contribution in [-0.2, 0) is 16.0 Å². The molecule has 5 heteroatoms. The summed E-state index contributed by atoms with van der Waals surface area (Å²) < 4.78 is 5.77. The van der Waals surface area contributed by atoms with Gasteiger partial charge in [0.05, 0.1) is 12.7 Å². The van der Waals surface area contributed by atoms with Gasteiger partial charge in [-0.25, -0.2) is 9.97 Å². The number of amides is 1. The molecule has 20 heavy (non-hydrogen) atoms. The molecule has 1 aliphatic heterocycles. The molecule has 0 bridgehead atoms. The van der Waals surface area contributed by atoms with E-state index in [1.807, 2.05) is 4.90 Å². The number of carbonyl (C=O) groups excluding carboxylic acids is 1. The molecule has 1 aromatic heterocycles. The Hall–Kier alpha value is -1.49. The molecule has 1 amide bonds. The molecule has 110 valence electrons. The highest BCUT2D eigenvalue weighted by atomic mass is 16.5. The van der Waals surface area contributed by atoms with Crippen LogP contribution in [0.4, 0.5) is 0 Å². The highest BCUT2D eigenvalue weighted by molar-refractivity contribution is 5.76. The third-order valence-corrected chi connectivity index (χ3v) is 3.63. The lowest BCUT2D eigenvalue weighted by molar-refractivity contribution is -0.143. The molecule has 0 spiro atoms. The van der Waals surface area contributed by atoms with Crippen molar-refractivity contribution in [1.29, 1.82) is 0 Å². The summed E-state index contributed by atoms with van der Waals surface area (Å²) in [4.78, 5) is 22.1. The van der Waals surface area contributed by atoms with Crippen LogP contribution in [0.5, 0.6) is 0 Å². The summed E-state index contributed by atoms with van der Waals surface area (Å²) in [5, 5.41) is 0. The Balaban J connectivity index is 1.86. The molecule has 0 aliphatic carbocycles. The van der Waals surface area contributed by atoms with Crippen molar-refractivity contribution >= 4 is 5.91 Å². The fraction of sp³-hybridized carbons (Fsp3) is 0.667. The Labute approximate surface area is 120 Å². The van der Waals surface area contributed by atoms with E-state index in [4.69, 9.17) is 4.74 Å². The van der Waals surface area contributed by atoms with E-state index >= 15 is 0 Å². The van der Waals surface area contributed by atoms with Gasteiger partial charge in [0, 0.05) is 31.9 Å². The smallest absolute Gasteiger partial charge is 0.223 e. The maximum Gasteiger partial charge on any atom is 0.223 e. The first-order valence-corrected chi connectivity index (χ1v) is 7.10. The summed E-state index contributed by atoms with van der Waals surface area (Å²) in [6.07, 6.45) is 6.33. The third kappa shape index (κ3) is 4.00. The second-order valence-corrected chi connectivity index (χ2v) is 6.31. The van der Waals surface area contributed by atoms with E-state index in [0.29, 0.717) is 32.5 Å². The Morgan fingerprint density at radius 2 is 2.10 bits per heavy atom. The minimum Gasteiger partial charge on any atom is -0.374 e. The van der Waals surface area contributed by atoms with E-state index in [9.17, 15) is 4.79 Å². The number of nitrogens with zero attached hydrogens (tertiary/aromatic N) is 3. The average Bonchev–Trinajstić information content (AvgIpc) is 2.45. The molecule has 2 heterocycles. The van der Waals surface area contributed by atoms with Gasteiger partial charge in [-0.15, -0.1) is 0 Å². The lowest BCUT2D eigenvalue weighted by atomic mass is 9.88. The lowest BCUT2D eigenvalue weighted by Crippen LogP contribution is -2.50. The first-order chi connectivity index (χ1) is 9.47. The van der Waals surface area contributed by atoms with Gasteiger partial charge in [0.2, 0.25) is 5.91 Å². The monoisotopic (exact) mass is 277 g/mol. The normalized spacial score (nSPS) is 19.9. The van der Waals surface area contributed by atoms with Crippen molar-refractivity contribution in [3.05, 3.63) is 24.3 Å². The fourth-order valence-electron chi connectivity index (χ4n) is 2.27. The molecule has 5 nitrogen and oxygen atoms in total. The van der Waals surface area contributed by atoms with Crippen LogP contribution < -0.4 is 0 Å². The minimum atomic E-state index is 0.0617. The summed E-state index contributed by atoms with van der Waals surface area (Å²) in [7, 11) is 0. The second kappa shape index (κ2) is 6.31. The van der Waals surface area contributed by atoms with Crippen molar-refractivity contribution in [2.24, 2.45) is 5.41 Å². The van der Waals surface area contributed by atoms with Gasteiger partial charge in [-0.3, -0.25) is 4.79 Å². The van der Waals surface area contributed by atoms with Crippen molar-refractivity contribution in [1.82, 2.24) is 14.9 Å². The predicted molar refractivity (Wildman–Crippen MR) is 76.1 cm³/mol. The van der Waals surface area contributed by atoms with E-state index in [2.05, 4.69) is 30.7 Å².